The van der Waals surface area contributed by atoms with Crippen molar-refractivity contribution in [3.8, 4) is 5.75 Å². The van der Waals surface area contributed by atoms with Gasteiger partial charge in [0.25, 0.3) is 11.8 Å². The van der Waals surface area contributed by atoms with Gasteiger partial charge in [-0.1, -0.05) is 18.2 Å². The third-order valence-corrected chi connectivity index (χ3v) is 7.25. The van der Waals surface area contributed by atoms with Crippen LogP contribution in [0.4, 0.5) is 5.69 Å². The quantitative estimate of drug-likeness (QED) is 0.364. The molecule has 2 aromatic heterocycles. The van der Waals surface area contributed by atoms with Crippen molar-refractivity contribution in [3.05, 3.63) is 82.4 Å². The van der Waals surface area contributed by atoms with Gasteiger partial charge in [-0.15, -0.1) is 11.3 Å². The summed E-state index contributed by atoms with van der Waals surface area (Å²) in [5.74, 6) is 0.794. The van der Waals surface area contributed by atoms with Crippen LogP contribution >= 0.6 is 11.3 Å². The van der Waals surface area contributed by atoms with E-state index in [1.54, 1.807) is 6.20 Å². The number of carbonyl (C=O) groups is 2. The Morgan fingerprint density at radius 3 is 2.56 bits per heavy atom. The van der Waals surface area contributed by atoms with Crippen molar-refractivity contribution in [1.29, 1.82) is 0 Å². The second-order valence-corrected chi connectivity index (χ2v) is 10.1. The van der Waals surface area contributed by atoms with Gasteiger partial charge < -0.3 is 15.0 Å². The molecule has 1 aliphatic heterocycles. The number of para-hydroxylation sites is 1. The van der Waals surface area contributed by atoms with Crippen molar-refractivity contribution in [3.63, 3.8) is 0 Å². The smallest absolute Gasteiger partial charge is 0.275 e. The molecular formula is C28H28N4O3S. The van der Waals surface area contributed by atoms with Gasteiger partial charge in [0.2, 0.25) is 0 Å². The average molecular weight is 501 g/mol. The summed E-state index contributed by atoms with van der Waals surface area (Å²) < 4.78 is 5.67. The first-order valence-electron chi connectivity index (χ1n) is 12.1. The van der Waals surface area contributed by atoms with Crippen LogP contribution in [0.15, 0.2) is 66.2 Å². The molecule has 1 saturated heterocycles. The van der Waals surface area contributed by atoms with E-state index >= 15 is 0 Å². The number of aromatic nitrogens is 2. The minimum atomic E-state index is -0.242. The molecule has 0 radical (unpaired) electrons. The maximum atomic E-state index is 13.0. The Balaban J connectivity index is 1.19. The maximum Gasteiger partial charge on any atom is 0.275 e. The van der Waals surface area contributed by atoms with E-state index in [1.807, 2.05) is 78.7 Å². The van der Waals surface area contributed by atoms with Crippen LogP contribution in [0.1, 0.15) is 58.5 Å². The molecule has 1 aliphatic rings. The number of piperidine rings is 1. The number of nitrogens with zero attached hydrogens (tertiary/aromatic N) is 3. The third kappa shape index (κ3) is 5.23. The molecule has 2 amide bonds. The predicted octanol–water partition coefficient (Wildman–Crippen LogP) is 5.75. The number of pyridine rings is 1. The second kappa shape index (κ2) is 10.5. The minimum absolute atomic E-state index is 0.0347. The molecule has 0 aliphatic carbocycles. The molecule has 5 rings (SSSR count). The van der Waals surface area contributed by atoms with E-state index in [0.29, 0.717) is 30.0 Å². The first kappa shape index (κ1) is 23.9. The van der Waals surface area contributed by atoms with Gasteiger partial charge in [-0.25, -0.2) is 4.98 Å². The minimum Gasteiger partial charge on any atom is -0.491 e. The van der Waals surface area contributed by atoms with Gasteiger partial charge in [0.05, 0.1) is 22.3 Å². The Bertz CT molecular complexity index is 1370. The van der Waals surface area contributed by atoms with E-state index in [9.17, 15) is 9.59 Å². The summed E-state index contributed by atoms with van der Waals surface area (Å²) in [7, 11) is 0. The lowest BCUT2D eigenvalue weighted by Crippen LogP contribution is -2.37. The first-order valence-corrected chi connectivity index (χ1v) is 13.0. The summed E-state index contributed by atoms with van der Waals surface area (Å²) in [5.41, 5.74) is 2.50. The highest BCUT2D eigenvalue weighted by atomic mass is 32.1. The van der Waals surface area contributed by atoms with E-state index in [2.05, 4.69) is 15.3 Å². The molecule has 1 N–H and O–H groups in total. The second-order valence-electron chi connectivity index (χ2n) is 9.16. The van der Waals surface area contributed by atoms with Crippen LogP contribution in [0.25, 0.3) is 10.9 Å². The fourth-order valence-corrected chi connectivity index (χ4v) is 5.40. The van der Waals surface area contributed by atoms with E-state index in [0.717, 1.165) is 34.5 Å². The third-order valence-electron chi connectivity index (χ3n) is 6.24. The molecule has 36 heavy (non-hydrogen) atoms. The Kier molecular flexibility index (Phi) is 6.95. The van der Waals surface area contributed by atoms with Crippen LogP contribution in [0.3, 0.4) is 0 Å². The van der Waals surface area contributed by atoms with E-state index in [4.69, 9.17) is 4.74 Å². The Morgan fingerprint density at radius 1 is 1.06 bits per heavy atom. The molecule has 0 saturated carbocycles. The summed E-state index contributed by atoms with van der Waals surface area (Å²) >= 11 is 1.51. The number of likely N-dealkylation sites (tertiary alicyclic amines) is 1. The number of hydrogen-bond donors (Lipinski definition) is 1. The zero-order valence-electron chi connectivity index (χ0n) is 20.3. The number of ether oxygens (including phenoxy) is 1. The highest BCUT2D eigenvalue weighted by Gasteiger charge is 2.27. The van der Waals surface area contributed by atoms with Crippen LogP contribution in [0, 0.1) is 0 Å². The summed E-state index contributed by atoms with van der Waals surface area (Å²) in [6.45, 7) is 5.28. The topological polar surface area (TPSA) is 84.4 Å². The van der Waals surface area contributed by atoms with Crippen LogP contribution in [-0.2, 0) is 0 Å². The summed E-state index contributed by atoms with van der Waals surface area (Å²) in [5, 5.41) is 6.67. The molecule has 0 atom stereocenters. The molecule has 0 unspecified atom stereocenters. The number of anilines is 1. The molecule has 2 aromatic carbocycles. The van der Waals surface area contributed by atoms with Gasteiger partial charge in [0.15, 0.2) is 0 Å². The van der Waals surface area contributed by atoms with Crippen LogP contribution in [-0.4, -0.2) is 45.9 Å². The zero-order chi connectivity index (χ0) is 25.1. The van der Waals surface area contributed by atoms with Gasteiger partial charge in [-0.2, -0.15) is 0 Å². The van der Waals surface area contributed by atoms with Crippen molar-refractivity contribution < 1.29 is 14.3 Å². The molecule has 184 valence electrons. The molecule has 7 nitrogen and oxygen atoms in total. The lowest BCUT2D eigenvalue weighted by Gasteiger charge is -2.31. The normalized spacial score (nSPS) is 14.2. The van der Waals surface area contributed by atoms with Gasteiger partial charge >= 0.3 is 0 Å². The summed E-state index contributed by atoms with van der Waals surface area (Å²) in [6, 6.07) is 16.9. The van der Waals surface area contributed by atoms with Crippen LogP contribution in [0.5, 0.6) is 5.75 Å². The Morgan fingerprint density at radius 2 is 1.81 bits per heavy atom. The summed E-state index contributed by atoms with van der Waals surface area (Å²) in [4.78, 5) is 36.8. The van der Waals surface area contributed by atoms with Crippen molar-refractivity contribution >= 4 is 39.7 Å². The average Bonchev–Trinajstić information content (AvgIpc) is 3.39. The lowest BCUT2D eigenvalue weighted by atomic mass is 9.97. The molecule has 0 bridgehead atoms. The number of carbonyl (C=O) groups excluding carboxylic acids is 2. The fraction of sp³-hybridized carbons (Fsp3) is 0.286. The zero-order valence-corrected chi connectivity index (χ0v) is 21.1. The first-order chi connectivity index (χ1) is 17.5. The molecule has 0 spiro atoms. The molecule has 4 aromatic rings. The monoisotopic (exact) mass is 500 g/mol. The van der Waals surface area contributed by atoms with E-state index in [-0.39, 0.29) is 23.8 Å². The number of hydrogen-bond acceptors (Lipinski definition) is 6. The summed E-state index contributed by atoms with van der Waals surface area (Å²) in [6.07, 6.45) is 3.45. The molecule has 1 fully saturated rings. The maximum absolute atomic E-state index is 13.0. The molecule has 8 heteroatoms. The fourth-order valence-electron chi connectivity index (χ4n) is 4.43. The molecular weight excluding hydrogens is 472 g/mol. The SMILES string of the molecule is CC(C)Oc1ccc(C(=O)N2CCC(c3nc(C(=O)Nc4cccc5cccnc45)cs3)CC2)cc1. The Labute approximate surface area is 214 Å². The van der Waals surface area contributed by atoms with E-state index < -0.39 is 0 Å². The van der Waals surface area contributed by atoms with Crippen LogP contribution in [0.2, 0.25) is 0 Å². The van der Waals surface area contributed by atoms with Crippen molar-refractivity contribution in [1.82, 2.24) is 14.9 Å². The predicted molar refractivity (Wildman–Crippen MR) is 142 cm³/mol. The lowest BCUT2D eigenvalue weighted by molar-refractivity contribution is 0.0713. The number of nitrogens with one attached hydrogen (secondary N) is 1. The van der Waals surface area contributed by atoms with Crippen LogP contribution < -0.4 is 10.1 Å². The Hall–Kier alpha value is -3.78. The highest BCUT2D eigenvalue weighted by Crippen LogP contribution is 2.31. The largest absolute Gasteiger partial charge is 0.491 e. The van der Waals surface area contributed by atoms with Crippen molar-refractivity contribution in [2.24, 2.45) is 0 Å². The number of amides is 2. The van der Waals surface area contributed by atoms with E-state index in [1.165, 1.54) is 11.3 Å². The number of fused-ring (bicyclic) bond motifs is 1. The number of benzene rings is 2. The van der Waals surface area contributed by atoms with Gasteiger partial charge in [0, 0.05) is 41.5 Å². The number of thiazole rings is 1. The van der Waals surface area contributed by atoms with Gasteiger partial charge in [-0.05, 0) is 63.1 Å². The van der Waals surface area contributed by atoms with Crippen molar-refractivity contribution in [2.75, 3.05) is 18.4 Å². The number of rotatable bonds is 6. The van der Waals surface area contributed by atoms with Gasteiger partial charge in [0.1, 0.15) is 11.4 Å². The standard InChI is InChI=1S/C28H28N4O3S/c1-18(2)35-22-10-8-21(9-11-22)28(34)32-15-12-20(13-16-32)27-31-24(17-36-27)26(33)30-23-7-3-5-19-6-4-14-29-25(19)23/h3-11,14,17-18,20H,12-13,15-16H2,1-2H3,(H,30,33). The van der Waals surface area contributed by atoms with Crippen molar-refractivity contribution in [2.45, 2.75) is 38.7 Å². The van der Waals surface area contributed by atoms with Gasteiger partial charge in [-0.3, -0.25) is 14.6 Å². The highest BCUT2D eigenvalue weighted by molar-refractivity contribution is 7.10. The molecule has 3 heterocycles.